The Morgan fingerprint density at radius 1 is 1.12 bits per heavy atom. The molecule has 1 amide bonds. The molecule has 1 heterocycles. The summed E-state index contributed by atoms with van der Waals surface area (Å²) >= 11 is 0. The number of carboxylic acid groups (broad SMARTS) is 1. The molecule has 0 unspecified atom stereocenters. The van der Waals surface area contributed by atoms with Gasteiger partial charge in [0.05, 0.1) is 12.3 Å². The molecule has 1 fully saturated rings. The number of hydrogen-bond acceptors (Lipinski definition) is 5. The van der Waals surface area contributed by atoms with Crippen molar-refractivity contribution < 1.29 is 29.3 Å². The Morgan fingerprint density at radius 2 is 1.84 bits per heavy atom. The van der Waals surface area contributed by atoms with Crippen molar-refractivity contribution in [1.29, 1.82) is 0 Å². The number of amides is 1. The maximum atomic E-state index is 12.5. The van der Waals surface area contributed by atoms with E-state index in [1.165, 1.54) is 12.1 Å². The van der Waals surface area contributed by atoms with E-state index in [-0.39, 0.29) is 17.7 Å². The molecule has 1 aliphatic rings. The summed E-state index contributed by atoms with van der Waals surface area (Å²) in [4.78, 5) is 35.1. The van der Waals surface area contributed by atoms with Gasteiger partial charge in [-0.05, 0) is 17.7 Å². The van der Waals surface area contributed by atoms with Crippen LogP contribution in [0.3, 0.4) is 0 Å². The van der Waals surface area contributed by atoms with Crippen LogP contribution < -0.4 is 5.32 Å². The molecule has 128 valence electrons. The number of benzene rings is 2. The highest BCUT2D eigenvalue weighted by molar-refractivity contribution is 5.97. The SMILES string of the molecule is O=C1C[C@H](C(=O)Nc2ccc(C(=O)O)c(O)c2)[C@@H](c2ccccc2)O1. The molecule has 7 heteroatoms. The third-order valence-corrected chi connectivity index (χ3v) is 3.97. The number of aromatic carboxylic acids is 1. The Bertz CT molecular complexity index is 833. The number of aromatic hydroxyl groups is 1. The van der Waals surface area contributed by atoms with Crippen LogP contribution >= 0.6 is 0 Å². The van der Waals surface area contributed by atoms with Crippen LogP contribution in [-0.4, -0.2) is 28.1 Å². The van der Waals surface area contributed by atoms with Crippen molar-refractivity contribution in [1.82, 2.24) is 0 Å². The number of rotatable bonds is 4. The van der Waals surface area contributed by atoms with Crippen LogP contribution in [0.2, 0.25) is 0 Å². The molecule has 3 rings (SSSR count). The maximum Gasteiger partial charge on any atom is 0.339 e. The standard InChI is InChI=1S/C18H15NO6/c20-14-8-11(6-7-12(14)18(23)24)19-17(22)13-9-15(21)25-16(13)10-4-2-1-3-5-10/h1-8,13,16,20H,9H2,(H,19,22)(H,23,24)/t13-,16+/m0/s1. The van der Waals surface area contributed by atoms with E-state index in [1.54, 1.807) is 24.3 Å². The quantitative estimate of drug-likeness (QED) is 0.736. The van der Waals surface area contributed by atoms with E-state index in [1.807, 2.05) is 6.07 Å². The van der Waals surface area contributed by atoms with E-state index in [4.69, 9.17) is 9.84 Å². The first kappa shape index (κ1) is 16.5. The first-order chi connectivity index (χ1) is 12.0. The number of carbonyl (C=O) groups is 3. The van der Waals surface area contributed by atoms with Crippen molar-refractivity contribution in [3.63, 3.8) is 0 Å². The fourth-order valence-corrected chi connectivity index (χ4v) is 2.76. The largest absolute Gasteiger partial charge is 0.507 e. The lowest BCUT2D eigenvalue weighted by molar-refractivity contribution is -0.141. The van der Waals surface area contributed by atoms with Gasteiger partial charge in [-0.15, -0.1) is 0 Å². The minimum Gasteiger partial charge on any atom is -0.507 e. The number of phenols is 1. The Hall–Kier alpha value is -3.35. The van der Waals surface area contributed by atoms with Crippen LogP contribution in [-0.2, 0) is 14.3 Å². The highest BCUT2D eigenvalue weighted by atomic mass is 16.6. The van der Waals surface area contributed by atoms with Gasteiger partial charge in [0.15, 0.2) is 0 Å². The molecule has 0 aromatic heterocycles. The third kappa shape index (κ3) is 3.45. The predicted molar refractivity (Wildman–Crippen MR) is 87.1 cm³/mol. The first-order valence-corrected chi connectivity index (χ1v) is 7.57. The molecular formula is C18H15NO6. The number of esters is 1. The summed E-state index contributed by atoms with van der Waals surface area (Å²) < 4.78 is 5.27. The molecule has 2 aromatic rings. The minimum atomic E-state index is -1.27. The number of carbonyl (C=O) groups excluding carboxylic acids is 2. The van der Waals surface area contributed by atoms with E-state index >= 15 is 0 Å². The summed E-state index contributed by atoms with van der Waals surface area (Å²) in [5.74, 6) is -3.34. The monoisotopic (exact) mass is 341 g/mol. The molecule has 1 saturated heterocycles. The molecule has 2 atom stereocenters. The van der Waals surface area contributed by atoms with Crippen molar-refractivity contribution in [2.24, 2.45) is 5.92 Å². The fraction of sp³-hybridized carbons (Fsp3) is 0.167. The average Bonchev–Trinajstić information content (AvgIpc) is 2.97. The normalized spacial score (nSPS) is 19.3. The molecule has 2 aromatic carbocycles. The van der Waals surface area contributed by atoms with Gasteiger partial charge in [-0.2, -0.15) is 0 Å². The van der Waals surface area contributed by atoms with Gasteiger partial charge < -0.3 is 20.3 Å². The number of cyclic esters (lactones) is 1. The Kier molecular flexibility index (Phi) is 4.38. The van der Waals surface area contributed by atoms with Gasteiger partial charge in [0, 0.05) is 11.8 Å². The topological polar surface area (TPSA) is 113 Å². The Labute approximate surface area is 142 Å². The van der Waals surface area contributed by atoms with Gasteiger partial charge in [-0.3, -0.25) is 9.59 Å². The Balaban J connectivity index is 1.79. The number of anilines is 1. The second-order valence-electron chi connectivity index (χ2n) is 5.66. The zero-order valence-corrected chi connectivity index (χ0v) is 13.0. The second-order valence-corrected chi connectivity index (χ2v) is 5.66. The molecular weight excluding hydrogens is 326 g/mol. The molecule has 25 heavy (non-hydrogen) atoms. The van der Waals surface area contributed by atoms with Gasteiger partial charge in [-0.25, -0.2) is 4.79 Å². The van der Waals surface area contributed by atoms with E-state index in [2.05, 4.69) is 5.32 Å². The summed E-state index contributed by atoms with van der Waals surface area (Å²) in [7, 11) is 0. The maximum absolute atomic E-state index is 12.5. The van der Waals surface area contributed by atoms with Crippen molar-refractivity contribution in [2.45, 2.75) is 12.5 Å². The lowest BCUT2D eigenvalue weighted by Crippen LogP contribution is -2.25. The minimum absolute atomic E-state index is 0.0510. The van der Waals surface area contributed by atoms with E-state index in [0.29, 0.717) is 0 Å². The van der Waals surface area contributed by atoms with Gasteiger partial charge in [0.2, 0.25) is 5.91 Å². The van der Waals surface area contributed by atoms with Crippen LogP contribution in [0.15, 0.2) is 48.5 Å². The summed E-state index contributed by atoms with van der Waals surface area (Å²) in [6.07, 6.45) is -0.731. The van der Waals surface area contributed by atoms with E-state index in [9.17, 15) is 19.5 Å². The zero-order chi connectivity index (χ0) is 18.0. The molecule has 3 N–H and O–H groups in total. The Morgan fingerprint density at radius 3 is 2.48 bits per heavy atom. The third-order valence-electron chi connectivity index (χ3n) is 3.97. The summed E-state index contributed by atoms with van der Waals surface area (Å²) in [5.41, 5.74) is 0.691. The van der Waals surface area contributed by atoms with Crippen molar-refractivity contribution in [2.75, 3.05) is 5.32 Å². The van der Waals surface area contributed by atoms with Gasteiger partial charge in [0.25, 0.3) is 0 Å². The smallest absolute Gasteiger partial charge is 0.339 e. The molecule has 0 spiro atoms. The molecule has 7 nitrogen and oxygen atoms in total. The molecule has 0 radical (unpaired) electrons. The number of carboxylic acids is 1. The number of ether oxygens (including phenoxy) is 1. The van der Waals surface area contributed by atoms with Crippen LogP contribution in [0.25, 0.3) is 0 Å². The molecule has 1 aliphatic heterocycles. The number of nitrogens with one attached hydrogen (secondary N) is 1. The second kappa shape index (κ2) is 6.64. The van der Waals surface area contributed by atoms with E-state index in [0.717, 1.165) is 11.6 Å². The number of hydrogen-bond donors (Lipinski definition) is 3. The van der Waals surface area contributed by atoms with Gasteiger partial charge in [-0.1, -0.05) is 30.3 Å². The highest BCUT2D eigenvalue weighted by Crippen LogP contribution is 2.36. The van der Waals surface area contributed by atoms with Crippen LogP contribution in [0.4, 0.5) is 5.69 Å². The van der Waals surface area contributed by atoms with Gasteiger partial charge >= 0.3 is 11.9 Å². The molecule has 0 aliphatic carbocycles. The van der Waals surface area contributed by atoms with Crippen molar-refractivity contribution >= 4 is 23.5 Å². The summed E-state index contributed by atoms with van der Waals surface area (Å²) in [5, 5.41) is 21.2. The van der Waals surface area contributed by atoms with Crippen LogP contribution in [0.5, 0.6) is 5.75 Å². The predicted octanol–water partition coefficient (Wildman–Crippen LogP) is 2.33. The summed E-state index contributed by atoms with van der Waals surface area (Å²) in [6, 6.07) is 12.7. The zero-order valence-electron chi connectivity index (χ0n) is 13.0. The van der Waals surface area contributed by atoms with Crippen LogP contribution in [0, 0.1) is 5.92 Å². The highest BCUT2D eigenvalue weighted by Gasteiger charge is 2.40. The van der Waals surface area contributed by atoms with E-state index < -0.39 is 35.6 Å². The molecule has 0 bridgehead atoms. The van der Waals surface area contributed by atoms with Crippen molar-refractivity contribution in [3.8, 4) is 5.75 Å². The van der Waals surface area contributed by atoms with Crippen molar-refractivity contribution in [3.05, 3.63) is 59.7 Å². The van der Waals surface area contributed by atoms with Crippen LogP contribution in [0.1, 0.15) is 28.4 Å². The lowest BCUT2D eigenvalue weighted by atomic mass is 9.94. The summed E-state index contributed by atoms with van der Waals surface area (Å²) in [6.45, 7) is 0. The lowest BCUT2D eigenvalue weighted by Gasteiger charge is -2.17. The average molecular weight is 341 g/mol. The van der Waals surface area contributed by atoms with Gasteiger partial charge in [0.1, 0.15) is 17.4 Å². The first-order valence-electron chi connectivity index (χ1n) is 7.57. The molecule has 0 saturated carbocycles. The fourth-order valence-electron chi connectivity index (χ4n) is 2.76.